The van der Waals surface area contributed by atoms with Crippen LogP contribution in [0.15, 0.2) is 0 Å². The molecule has 1 radical (unpaired) electrons. The molecule has 0 spiro atoms. The van der Waals surface area contributed by atoms with E-state index < -0.39 is 0 Å². The number of rotatable bonds is 4. The molecule has 2 rings (SSSR count). The highest BCUT2D eigenvalue weighted by atomic mass is 16.2. The predicted molar refractivity (Wildman–Crippen MR) is 77.1 cm³/mol. The lowest BCUT2D eigenvalue weighted by Crippen LogP contribution is -2.44. The van der Waals surface area contributed by atoms with E-state index in [4.69, 9.17) is 0 Å². The second kappa shape index (κ2) is 7.25. The van der Waals surface area contributed by atoms with E-state index in [0.717, 1.165) is 51.9 Å². The first-order chi connectivity index (χ1) is 9.16. The van der Waals surface area contributed by atoms with Crippen LogP contribution >= 0.6 is 0 Å². The second-order valence-electron chi connectivity index (χ2n) is 6.25. The van der Waals surface area contributed by atoms with Gasteiger partial charge in [-0.15, -0.1) is 0 Å². The van der Waals surface area contributed by atoms with Gasteiger partial charge < -0.3 is 9.80 Å². The standard InChI is InChI=1S/C15H28N3O/c1-17(2)14-7-10-18(11-8-14)15(19)6-5-13-4-3-9-16-12-13/h13-14H,3-12H2,1-2H3. The summed E-state index contributed by atoms with van der Waals surface area (Å²) >= 11 is 0. The third-order valence-electron chi connectivity index (χ3n) is 4.63. The van der Waals surface area contributed by atoms with Crippen molar-refractivity contribution < 1.29 is 4.79 Å². The molecule has 19 heavy (non-hydrogen) atoms. The number of carbonyl (C=O) groups excluding carboxylic acids is 1. The maximum absolute atomic E-state index is 12.2. The Labute approximate surface area is 117 Å². The van der Waals surface area contributed by atoms with Gasteiger partial charge in [-0.2, -0.15) is 0 Å². The Bertz CT molecular complexity index is 279. The van der Waals surface area contributed by atoms with Crippen LogP contribution in [0, 0.1) is 5.92 Å². The van der Waals surface area contributed by atoms with Gasteiger partial charge in [-0.3, -0.25) is 4.79 Å². The molecule has 109 valence electrons. The van der Waals surface area contributed by atoms with E-state index in [2.05, 4.69) is 29.2 Å². The largest absolute Gasteiger partial charge is 0.343 e. The smallest absolute Gasteiger partial charge is 0.222 e. The Kier molecular flexibility index (Phi) is 5.64. The summed E-state index contributed by atoms with van der Waals surface area (Å²) in [6.45, 7) is 3.89. The zero-order valence-corrected chi connectivity index (χ0v) is 12.5. The maximum atomic E-state index is 12.2. The molecule has 0 aromatic rings. The molecule has 0 aliphatic carbocycles. The van der Waals surface area contributed by atoms with Crippen LogP contribution in [-0.2, 0) is 4.79 Å². The van der Waals surface area contributed by atoms with Crippen LogP contribution in [0.1, 0.15) is 38.5 Å². The molecular formula is C15H28N3O. The number of likely N-dealkylation sites (tertiary alicyclic amines) is 1. The molecular weight excluding hydrogens is 238 g/mol. The number of piperidine rings is 2. The first-order valence-corrected chi connectivity index (χ1v) is 7.74. The molecule has 0 saturated carbocycles. The summed E-state index contributed by atoms with van der Waals surface area (Å²) in [5.41, 5.74) is 0. The van der Waals surface area contributed by atoms with Crippen molar-refractivity contribution in [3.63, 3.8) is 0 Å². The predicted octanol–water partition coefficient (Wildman–Crippen LogP) is 1.33. The first kappa shape index (κ1) is 14.8. The van der Waals surface area contributed by atoms with Gasteiger partial charge in [0, 0.05) is 38.6 Å². The molecule has 4 nitrogen and oxygen atoms in total. The van der Waals surface area contributed by atoms with Crippen molar-refractivity contribution in [2.24, 2.45) is 5.92 Å². The molecule has 0 aromatic carbocycles. The molecule has 0 aromatic heterocycles. The van der Waals surface area contributed by atoms with Crippen LogP contribution < -0.4 is 5.32 Å². The minimum absolute atomic E-state index is 0.364. The maximum Gasteiger partial charge on any atom is 0.222 e. The summed E-state index contributed by atoms with van der Waals surface area (Å²) in [6, 6.07) is 0.654. The van der Waals surface area contributed by atoms with Crippen molar-refractivity contribution in [2.75, 3.05) is 40.3 Å². The zero-order valence-electron chi connectivity index (χ0n) is 12.5. The van der Waals surface area contributed by atoms with Crippen LogP contribution in [0.4, 0.5) is 0 Å². The van der Waals surface area contributed by atoms with Crippen molar-refractivity contribution in [3.05, 3.63) is 0 Å². The highest BCUT2D eigenvalue weighted by molar-refractivity contribution is 5.76. The summed E-state index contributed by atoms with van der Waals surface area (Å²) in [4.78, 5) is 16.6. The molecule has 2 heterocycles. The molecule has 4 heteroatoms. The molecule has 0 N–H and O–H groups in total. The fraction of sp³-hybridized carbons (Fsp3) is 0.933. The van der Waals surface area contributed by atoms with Gasteiger partial charge in [0.2, 0.25) is 5.91 Å². The van der Waals surface area contributed by atoms with Gasteiger partial charge in [0.05, 0.1) is 0 Å². The number of amides is 1. The van der Waals surface area contributed by atoms with Crippen LogP contribution in [0.3, 0.4) is 0 Å². The minimum Gasteiger partial charge on any atom is -0.343 e. The normalized spacial score (nSPS) is 25.8. The van der Waals surface area contributed by atoms with E-state index in [1.54, 1.807) is 0 Å². The minimum atomic E-state index is 0.364. The van der Waals surface area contributed by atoms with Crippen LogP contribution in [0.2, 0.25) is 0 Å². The lowest BCUT2D eigenvalue weighted by Gasteiger charge is -2.35. The lowest BCUT2D eigenvalue weighted by molar-refractivity contribution is -0.133. The molecule has 2 aliphatic rings. The molecule has 0 bridgehead atoms. The van der Waals surface area contributed by atoms with Crippen molar-refractivity contribution in [1.82, 2.24) is 15.1 Å². The molecule has 2 aliphatic heterocycles. The van der Waals surface area contributed by atoms with Gasteiger partial charge in [-0.05, 0) is 52.1 Å². The van der Waals surface area contributed by atoms with Crippen LogP contribution in [-0.4, -0.2) is 62.0 Å². The number of carbonyl (C=O) groups is 1. The van der Waals surface area contributed by atoms with E-state index >= 15 is 0 Å². The van der Waals surface area contributed by atoms with Crippen molar-refractivity contribution >= 4 is 5.91 Å². The van der Waals surface area contributed by atoms with Gasteiger partial charge in [0.1, 0.15) is 0 Å². The van der Waals surface area contributed by atoms with E-state index in [1.165, 1.54) is 12.8 Å². The van der Waals surface area contributed by atoms with Crippen molar-refractivity contribution in [1.29, 1.82) is 0 Å². The van der Waals surface area contributed by atoms with E-state index in [-0.39, 0.29) is 0 Å². The highest BCUT2D eigenvalue weighted by Gasteiger charge is 2.24. The van der Waals surface area contributed by atoms with Gasteiger partial charge in [-0.25, -0.2) is 5.32 Å². The van der Waals surface area contributed by atoms with Gasteiger partial charge in [0.15, 0.2) is 0 Å². The fourth-order valence-corrected chi connectivity index (χ4v) is 3.21. The summed E-state index contributed by atoms with van der Waals surface area (Å²) in [6.07, 6.45) is 6.49. The summed E-state index contributed by atoms with van der Waals surface area (Å²) in [7, 11) is 4.27. The Hall–Kier alpha value is -0.610. The quantitative estimate of drug-likeness (QED) is 0.770. The van der Waals surface area contributed by atoms with E-state index in [0.29, 0.717) is 17.9 Å². The highest BCUT2D eigenvalue weighted by Crippen LogP contribution is 2.19. The summed E-state index contributed by atoms with van der Waals surface area (Å²) in [5.74, 6) is 1.03. The summed E-state index contributed by atoms with van der Waals surface area (Å²) < 4.78 is 0. The Balaban J connectivity index is 1.66. The Morgan fingerprint density at radius 1 is 1.26 bits per heavy atom. The third-order valence-corrected chi connectivity index (χ3v) is 4.63. The SMILES string of the molecule is CN(C)C1CCN(C(=O)CCC2CCC[N]C2)CC1. The average Bonchev–Trinajstić information content (AvgIpc) is 2.46. The molecule has 1 amide bonds. The number of nitrogens with zero attached hydrogens (tertiary/aromatic N) is 3. The Morgan fingerprint density at radius 3 is 2.58 bits per heavy atom. The number of hydrogen-bond acceptors (Lipinski definition) is 2. The van der Waals surface area contributed by atoms with Gasteiger partial charge >= 0.3 is 0 Å². The average molecular weight is 266 g/mol. The van der Waals surface area contributed by atoms with E-state index in [1.807, 2.05) is 0 Å². The monoisotopic (exact) mass is 266 g/mol. The molecule has 2 fully saturated rings. The third kappa shape index (κ3) is 4.46. The molecule has 1 unspecified atom stereocenters. The Morgan fingerprint density at radius 2 is 2.00 bits per heavy atom. The summed E-state index contributed by atoms with van der Waals surface area (Å²) in [5, 5.41) is 4.45. The molecule has 2 saturated heterocycles. The second-order valence-corrected chi connectivity index (χ2v) is 6.25. The van der Waals surface area contributed by atoms with Gasteiger partial charge in [-0.1, -0.05) is 0 Å². The lowest BCUT2D eigenvalue weighted by atomic mass is 9.94. The number of hydrogen-bond donors (Lipinski definition) is 0. The first-order valence-electron chi connectivity index (χ1n) is 7.74. The molecule has 1 atom stereocenters. The van der Waals surface area contributed by atoms with Crippen molar-refractivity contribution in [3.8, 4) is 0 Å². The van der Waals surface area contributed by atoms with Crippen LogP contribution in [0.25, 0.3) is 0 Å². The van der Waals surface area contributed by atoms with Gasteiger partial charge in [0.25, 0.3) is 0 Å². The zero-order chi connectivity index (χ0) is 13.7. The fourth-order valence-electron chi connectivity index (χ4n) is 3.21. The van der Waals surface area contributed by atoms with E-state index in [9.17, 15) is 4.79 Å². The van der Waals surface area contributed by atoms with Crippen molar-refractivity contribution in [2.45, 2.75) is 44.6 Å². The topological polar surface area (TPSA) is 37.7 Å². The van der Waals surface area contributed by atoms with Crippen LogP contribution in [0.5, 0.6) is 0 Å².